The third-order valence-corrected chi connectivity index (χ3v) is 4.46. The molecule has 6 heteroatoms. The molecule has 1 N–H and O–H groups in total. The van der Waals surface area contributed by atoms with Gasteiger partial charge in [0.05, 0.1) is 18.3 Å². The number of nitrogens with zero attached hydrogens (tertiary/aromatic N) is 4. The summed E-state index contributed by atoms with van der Waals surface area (Å²) in [6.45, 7) is 1.73. The highest BCUT2D eigenvalue weighted by atomic mass is 16.5. The number of pyridine rings is 1. The zero-order valence-electron chi connectivity index (χ0n) is 13.8. The first-order valence-electron chi connectivity index (χ1n) is 7.99. The highest BCUT2D eigenvalue weighted by Gasteiger charge is 2.20. The van der Waals surface area contributed by atoms with Gasteiger partial charge in [0.15, 0.2) is 0 Å². The lowest BCUT2D eigenvalue weighted by atomic mass is 10.0. The van der Waals surface area contributed by atoms with Gasteiger partial charge in [-0.15, -0.1) is 5.10 Å². The molecule has 0 aliphatic carbocycles. The summed E-state index contributed by atoms with van der Waals surface area (Å²) in [7, 11) is 3.55. The van der Waals surface area contributed by atoms with Crippen molar-refractivity contribution in [2.24, 2.45) is 0 Å². The zero-order chi connectivity index (χ0) is 16.5. The summed E-state index contributed by atoms with van der Waals surface area (Å²) >= 11 is 0. The molecule has 6 nitrogen and oxygen atoms in total. The van der Waals surface area contributed by atoms with Crippen molar-refractivity contribution in [2.45, 2.75) is 13.0 Å². The fraction of sp³-hybridized carbons (Fsp3) is 0.278. The van der Waals surface area contributed by atoms with Crippen LogP contribution in [-0.4, -0.2) is 35.9 Å². The SMILES string of the molecule is CNc1cc2c(nn1)CCN(c1ccnc3ccc(OC)cc13)C2. The molecule has 1 aliphatic rings. The van der Waals surface area contributed by atoms with Crippen molar-refractivity contribution in [1.29, 1.82) is 0 Å². The van der Waals surface area contributed by atoms with Crippen molar-refractivity contribution in [3.63, 3.8) is 0 Å². The van der Waals surface area contributed by atoms with Crippen LogP contribution in [0.15, 0.2) is 36.5 Å². The van der Waals surface area contributed by atoms with Crippen LogP contribution in [-0.2, 0) is 13.0 Å². The van der Waals surface area contributed by atoms with E-state index in [0.29, 0.717) is 0 Å². The van der Waals surface area contributed by atoms with Crippen LogP contribution in [0.4, 0.5) is 11.5 Å². The second-order valence-electron chi connectivity index (χ2n) is 5.84. The fourth-order valence-electron chi connectivity index (χ4n) is 3.17. The molecule has 1 aliphatic heterocycles. The van der Waals surface area contributed by atoms with Gasteiger partial charge >= 0.3 is 0 Å². The van der Waals surface area contributed by atoms with Gasteiger partial charge in [0.25, 0.3) is 0 Å². The summed E-state index contributed by atoms with van der Waals surface area (Å²) in [6.07, 6.45) is 2.75. The van der Waals surface area contributed by atoms with E-state index >= 15 is 0 Å². The Labute approximate surface area is 140 Å². The molecule has 3 aromatic rings. The van der Waals surface area contributed by atoms with Gasteiger partial charge < -0.3 is 15.0 Å². The zero-order valence-corrected chi connectivity index (χ0v) is 13.8. The number of rotatable bonds is 3. The molecule has 0 saturated carbocycles. The Bertz CT molecular complexity index is 896. The van der Waals surface area contributed by atoms with E-state index in [0.717, 1.165) is 47.7 Å². The average Bonchev–Trinajstić information content (AvgIpc) is 2.66. The molecule has 3 heterocycles. The Morgan fingerprint density at radius 3 is 2.92 bits per heavy atom. The van der Waals surface area contributed by atoms with Crippen molar-refractivity contribution in [3.8, 4) is 5.75 Å². The minimum absolute atomic E-state index is 0.803. The first kappa shape index (κ1) is 14.7. The molecule has 0 unspecified atom stereocenters. The van der Waals surface area contributed by atoms with E-state index in [1.807, 2.05) is 25.4 Å². The number of benzene rings is 1. The summed E-state index contributed by atoms with van der Waals surface area (Å²) in [5.74, 6) is 1.65. The van der Waals surface area contributed by atoms with E-state index in [-0.39, 0.29) is 0 Å². The van der Waals surface area contributed by atoms with Crippen LogP contribution in [0.5, 0.6) is 5.75 Å². The lowest BCUT2D eigenvalue weighted by Gasteiger charge is -2.30. The number of aromatic nitrogens is 3. The third-order valence-electron chi connectivity index (χ3n) is 4.46. The van der Waals surface area contributed by atoms with Gasteiger partial charge in [-0.1, -0.05) is 0 Å². The summed E-state index contributed by atoms with van der Waals surface area (Å²) in [5, 5.41) is 12.7. The van der Waals surface area contributed by atoms with Gasteiger partial charge in [-0.05, 0) is 35.9 Å². The fourth-order valence-corrected chi connectivity index (χ4v) is 3.17. The molecule has 0 bridgehead atoms. The van der Waals surface area contributed by atoms with E-state index < -0.39 is 0 Å². The number of hydrogen-bond donors (Lipinski definition) is 1. The van der Waals surface area contributed by atoms with Crippen molar-refractivity contribution in [2.75, 3.05) is 30.9 Å². The topological polar surface area (TPSA) is 63.2 Å². The lowest BCUT2D eigenvalue weighted by molar-refractivity contribution is 0.415. The maximum absolute atomic E-state index is 5.38. The number of anilines is 2. The van der Waals surface area contributed by atoms with Crippen molar-refractivity contribution in [1.82, 2.24) is 15.2 Å². The number of hydrogen-bond acceptors (Lipinski definition) is 6. The molecule has 24 heavy (non-hydrogen) atoms. The summed E-state index contributed by atoms with van der Waals surface area (Å²) < 4.78 is 5.38. The molecule has 122 valence electrons. The monoisotopic (exact) mass is 321 g/mol. The quantitative estimate of drug-likeness (QED) is 0.800. The van der Waals surface area contributed by atoms with Crippen LogP contribution in [0.25, 0.3) is 10.9 Å². The minimum Gasteiger partial charge on any atom is -0.497 e. The second-order valence-corrected chi connectivity index (χ2v) is 5.84. The van der Waals surface area contributed by atoms with Gasteiger partial charge in [-0.2, -0.15) is 5.10 Å². The smallest absolute Gasteiger partial charge is 0.148 e. The van der Waals surface area contributed by atoms with Crippen LogP contribution < -0.4 is 15.0 Å². The predicted octanol–water partition coefficient (Wildman–Crippen LogP) is 2.64. The first-order valence-corrected chi connectivity index (χ1v) is 7.99. The van der Waals surface area contributed by atoms with Crippen molar-refractivity contribution < 1.29 is 4.74 Å². The molecule has 4 rings (SSSR count). The number of ether oxygens (including phenoxy) is 1. The molecule has 1 aromatic carbocycles. The Morgan fingerprint density at radius 2 is 2.08 bits per heavy atom. The maximum atomic E-state index is 5.38. The number of methoxy groups -OCH3 is 1. The van der Waals surface area contributed by atoms with E-state index in [1.165, 1.54) is 11.3 Å². The van der Waals surface area contributed by atoms with Crippen molar-refractivity contribution in [3.05, 3.63) is 47.8 Å². The van der Waals surface area contributed by atoms with Gasteiger partial charge in [-0.25, -0.2) is 0 Å². The summed E-state index contributed by atoms with van der Waals surface area (Å²) in [5.41, 5.74) is 4.45. The Balaban J connectivity index is 1.75. The van der Waals surface area contributed by atoms with Gasteiger partial charge in [0, 0.05) is 43.8 Å². The van der Waals surface area contributed by atoms with E-state index in [4.69, 9.17) is 4.74 Å². The largest absolute Gasteiger partial charge is 0.497 e. The summed E-state index contributed by atoms with van der Waals surface area (Å²) in [6, 6.07) is 10.1. The highest BCUT2D eigenvalue weighted by molar-refractivity contribution is 5.92. The minimum atomic E-state index is 0.803. The second kappa shape index (κ2) is 5.96. The molecule has 2 aromatic heterocycles. The van der Waals surface area contributed by atoms with E-state index in [1.54, 1.807) is 7.11 Å². The Kier molecular flexibility index (Phi) is 3.65. The Morgan fingerprint density at radius 1 is 1.17 bits per heavy atom. The van der Waals surface area contributed by atoms with Crippen LogP contribution in [0.1, 0.15) is 11.3 Å². The van der Waals surface area contributed by atoms with E-state index in [9.17, 15) is 0 Å². The highest BCUT2D eigenvalue weighted by Crippen LogP contribution is 2.31. The van der Waals surface area contributed by atoms with Crippen LogP contribution in [0.2, 0.25) is 0 Å². The predicted molar refractivity (Wildman–Crippen MR) is 94.6 cm³/mol. The molecule has 0 radical (unpaired) electrons. The molecular weight excluding hydrogens is 302 g/mol. The third kappa shape index (κ3) is 2.50. The maximum Gasteiger partial charge on any atom is 0.148 e. The van der Waals surface area contributed by atoms with Crippen LogP contribution in [0.3, 0.4) is 0 Å². The number of fused-ring (bicyclic) bond motifs is 2. The van der Waals surface area contributed by atoms with E-state index in [2.05, 4.69) is 43.6 Å². The van der Waals surface area contributed by atoms with Gasteiger partial charge in [0.1, 0.15) is 11.6 Å². The molecule has 0 fully saturated rings. The standard InChI is InChI=1S/C18H19N5O/c1-19-18-9-12-11-23(8-6-15(12)21-22-18)17-5-7-20-16-4-3-13(24-2)10-14(16)17/h3-5,7,9-10H,6,8,11H2,1-2H3,(H,19,22). The number of nitrogens with one attached hydrogen (secondary N) is 1. The van der Waals surface area contributed by atoms with Crippen LogP contribution in [0, 0.1) is 0 Å². The van der Waals surface area contributed by atoms with Gasteiger partial charge in [0.2, 0.25) is 0 Å². The first-order chi connectivity index (χ1) is 11.8. The van der Waals surface area contributed by atoms with Crippen LogP contribution >= 0.6 is 0 Å². The lowest BCUT2D eigenvalue weighted by Crippen LogP contribution is -2.31. The molecule has 0 spiro atoms. The molecule has 0 amide bonds. The average molecular weight is 321 g/mol. The van der Waals surface area contributed by atoms with Gasteiger partial charge in [-0.3, -0.25) is 4.98 Å². The van der Waals surface area contributed by atoms with Crippen molar-refractivity contribution >= 4 is 22.4 Å². The normalized spacial score (nSPS) is 13.7. The summed E-state index contributed by atoms with van der Waals surface area (Å²) in [4.78, 5) is 6.84. The molecule has 0 saturated heterocycles. The Hall–Kier alpha value is -2.89. The molecule has 0 atom stereocenters. The molecular formula is C18H19N5O.